The summed E-state index contributed by atoms with van der Waals surface area (Å²) in [4.78, 5) is 11.6. The number of hydrogen-bond acceptors (Lipinski definition) is 4. The summed E-state index contributed by atoms with van der Waals surface area (Å²) in [5.74, 6) is 1.45. The lowest BCUT2D eigenvalue weighted by molar-refractivity contribution is 0.0518. The van der Waals surface area contributed by atoms with Crippen LogP contribution in [0.4, 0.5) is 4.79 Å². The van der Waals surface area contributed by atoms with Gasteiger partial charge in [-0.3, -0.25) is 0 Å². The minimum Gasteiger partial charge on any atom is -0.493 e. The van der Waals surface area contributed by atoms with Crippen LogP contribution in [0.25, 0.3) is 0 Å². The number of carbonyl (C=O) groups is 1. The van der Waals surface area contributed by atoms with Gasteiger partial charge in [0.05, 0.1) is 12.7 Å². The number of alkyl carbamates (subject to hydrolysis) is 1. The minimum absolute atomic E-state index is 0.350. The molecule has 5 heteroatoms. The van der Waals surface area contributed by atoms with Crippen LogP contribution in [0.2, 0.25) is 0 Å². The molecular weight excluding hydrogens is 330 g/mol. The highest BCUT2D eigenvalue weighted by molar-refractivity contribution is 5.67. The molecular formula is C21H33NO4. The van der Waals surface area contributed by atoms with Gasteiger partial charge in [-0.1, -0.05) is 31.4 Å². The third kappa shape index (κ3) is 7.65. The average Bonchev–Trinajstić information content (AvgIpc) is 2.59. The summed E-state index contributed by atoms with van der Waals surface area (Å²) < 4.78 is 11.1. The molecule has 0 saturated heterocycles. The Hall–Kier alpha value is -1.75. The Morgan fingerprint density at radius 2 is 2.00 bits per heavy atom. The topological polar surface area (TPSA) is 67.8 Å². The monoisotopic (exact) mass is 363 g/mol. The van der Waals surface area contributed by atoms with Gasteiger partial charge in [-0.2, -0.15) is 0 Å². The van der Waals surface area contributed by atoms with Crippen molar-refractivity contribution in [1.29, 1.82) is 0 Å². The Bertz CT molecular complexity index is 561. The number of hydrogen-bond donors (Lipinski definition) is 2. The number of rotatable bonds is 7. The van der Waals surface area contributed by atoms with E-state index < -0.39 is 17.8 Å². The molecule has 1 aliphatic carbocycles. The van der Waals surface area contributed by atoms with E-state index >= 15 is 0 Å². The van der Waals surface area contributed by atoms with Crippen molar-refractivity contribution in [2.24, 2.45) is 5.92 Å². The molecule has 5 nitrogen and oxygen atoms in total. The van der Waals surface area contributed by atoms with Crippen LogP contribution in [0, 0.1) is 5.92 Å². The van der Waals surface area contributed by atoms with E-state index in [1.165, 1.54) is 32.1 Å². The smallest absolute Gasteiger partial charge is 0.407 e. The van der Waals surface area contributed by atoms with Crippen molar-refractivity contribution < 1.29 is 19.4 Å². The lowest BCUT2D eigenvalue weighted by atomic mass is 9.90. The zero-order valence-corrected chi connectivity index (χ0v) is 16.3. The van der Waals surface area contributed by atoms with Crippen molar-refractivity contribution in [2.75, 3.05) is 13.2 Å². The predicted octanol–water partition coefficient (Wildman–Crippen LogP) is 4.59. The molecule has 0 spiro atoms. The highest BCUT2D eigenvalue weighted by atomic mass is 16.6. The van der Waals surface area contributed by atoms with Crippen LogP contribution in [0.3, 0.4) is 0 Å². The first-order chi connectivity index (χ1) is 12.3. The Morgan fingerprint density at radius 1 is 1.27 bits per heavy atom. The molecule has 146 valence electrons. The van der Waals surface area contributed by atoms with Gasteiger partial charge in [-0.05, 0) is 63.6 Å². The Labute approximate surface area is 157 Å². The maximum absolute atomic E-state index is 11.6. The van der Waals surface area contributed by atoms with E-state index in [2.05, 4.69) is 5.32 Å². The first-order valence-electron chi connectivity index (χ1n) is 9.71. The van der Waals surface area contributed by atoms with Crippen molar-refractivity contribution in [2.45, 2.75) is 71.0 Å². The summed E-state index contributed by atoms with van der Waals surface area (Å²) >= 11 is 0. The van der Waals surface area contributed by atoms with E-state index in [1.807, 2.05) is 45.0 Å². The van der Waals surface area contributed by atoms with E-state index in [4.69, 9.17) is 9.47 Å². The highest BCUT2D eigenvalue weighted by Crippen LogP contribution is 2.26. The summed E-state index contributed by atoms with van der Waals surface area (Å²) in [5.41, 5.74) is 0.282. The highest BCUT2D eigenvalue weighted by Gasteiger charge is 2.17. The molecule has 1 atom stereocenters. The standard InChI is InChI=1S/C21H33NO4/c1-21(2,3)26-20(24)22-13-12-19(23)17-10-7-11-18(14-17)25-15-16-8-5-4-6-9-16/h7,10-11,14,16,19,23H,4-6,8-9,12-13,15H2,1-3H3,(H,22,24)/t19-/m1/s1. The van der Waals surface area contributed by atoms with E-state index in [0.717, 1.165) is 17.9 Å². The summed E-state index contributed by atoms with van der Waals surface area (Å²) in [7, 11) is 0. The van der Waals surface area contributed by atoms with Crippen molar-refractivity contribution >= 4 is 6.09 Å². The number of ether oxygens (including phenoxy) is 2. The second-order valence-electron chi connectivity index (χ2n) is 8.12. The molecule has 0 aliphatic heterocycles. The van der Waals surface area contributed by atoms with E-state index in [-0.39, 0.29) is 0 Å². The molecule has 0 unspecified atom stereocenters. The molecule has 1 aliphatic rings. The van der Waals surface area contributed by atoms with Gasteiger partial charge in [0.25, 0.3) is 0 Å². The predicted molar refractivity (Wildman–Crippen MR) is 102 cm³/mol. The quantitative estimate of drug-likeness (QED) is 0.743. The normalized spacial score (nSPS) is 16.8. The fourth-order valence-corrected chi connectivity index (χ4v) is 3.17. The third-order valence-electron chi connectivity index (χ3n) is 4.54. The first-order valence-corrected chi connectivity index (χ1v) is 9.71. The van der Waals surface area contributed by atoms with Gasteiger partial charge >= 0.3 is 6.09 Å². The molecule has 26 heavy (non-hydrogen) atoms. The van der Waals surface area contributed by atoms with E-state index in [9.17, 15) is 9.90 Å². The number of aliphatic hydroxyl groups excluding tert-OH is 1. The van der Waals surface area contributed by atoms with E-state index in [1.54, 1.807) is 0 Å². The zero-order chi connectivity index (χ0) is 19.0. The van der Waals surface area contributed by atoms with Crippen LogP contribution in [0.1, 0.15) is 71.0 Å². The largest absolute Gasteiger partial charge is 0.493 e. The van der Waals surface area contributed by atoms with Crippen LogP contribution in [-0.2, 0) is 4.74 Å². The number of benzene rings is 1. The Morgan fingerprint density at radius 3 is 2.69 bits per heavy atom. The number of nitrogens with one attached hydrogen (secondary N) is 1. The number of carbonyl (C=O) groups excluding carboxylic acids is 1. The minimum atomic E-state index is -0.650. The maximum Gasteiger partial charge on any atom is 0.407 e. The molecule has 1 amide bonds. The molecule has 2 N–H and O–H groups in total. The number of amides is 1. The summed E-state index contributed by atoms with van der Waals surface area (Å²) in [6.07, 6.45) is 5.75. The van der Waals surface area contributed by atoms with Crippen LogP contribution in [0.5, 0.6) is 5.75 Å². The van der Waals surface area contributed by atoms with Gasteiger partial charge in [-0.25, -0.2) is 4.79 Å². The van der Waals surface area contributed by atoms with Crippen LogP contribution >= 0.6 is 0 Å². The van der Waals surface area contributed by atoms with Gasteiger partial charge in [0.2, 0.25) is 0 Å². The van der Waals surface area contributed by atoms with Gasteiger partial charge < -0.3 is 19.9 Å². The molecule has 2 rings (SSSR count). The van der Waals surface area contributed by atoms with E-state index in [0.29, 0.717) is 18.9 Å². The molecule has 0 heterocycles. The second-order valence-corrected chi connectivity index (χ2v) is 8.12. The van der Waals surface area contributed by atoms with Crippen LogP contribution in [0.15, 0.2) is 24.3 Å². The fourth-order valence-electron chi connectivity index (χ4n) is 3.17. The number of aliphatic hydroxyl groups is 1. The molecule has 0 radical (unpaired) electrons. The van der Waals surface area contributed by atoms with Gasteiger partial charge in [0.1, 0.15) is 11.4 Å². The molecule has 1 fully saturated rings. The molecule has 1 aromatic carbocycles. The van der Waals surface area contributed by atoms with Gasteiger partial charge in [-0.15, -0.1) is 0 Å². The summed E-state index contributed by atoms with van der Waals surface area (Å²) in [6.45, 7) is 6.56. The van der Waals surface area contributed by atoms with Crippen molar-refractivity contribution in [3.8, 4) is 5.75 Å². The molecule has 0 bridgehead atoms. The summed E-state index contributed by atoms with van der Waals surface area (Å²) in [5, 5.41) is 13.0. The van der Waals surface area contributed by atoms with Crippen molar-refractivity contribution in [1.82, 2.24) is 5.32 Å². The Kier molecular flexibility index (Phi) is 7.76. The van der Waals surface area contributed by atoms with Crippen molar-refractivity contribution in [3.63, 3.8) is 0 Å². The summed E-state index contributed by atoms with van der Waals surface area (Å²) in [6, 6.07) is 7.60. The molecule has 1 aromatic rings. The van der Waals surface area contributed by atoms with Gasteiger partial charge in [0, 0.05) is 6.54 Å². The lowest BCUT2D eigenvalue weighted by Gasteiger charge is -2.22. The fraction of sp³-hybridized carbons (Fsp3) is 0.667. The van der Waals surface area contributed by atoms with Crippen molar-refractivity contribution in [3.05, 3.63) is 29.8 Å². The SMILES string of the molecule is CC(C)(C)OC(=O)NCC[C@@H](O)c1cccc(OCC2CCCCC2)c1. The lowest BCUT2D eigenvalue weighted by Crippen LogP contribution is -2.33. The van der Waals surface area contributed by atoms with Crippen LogP contribution < -0.4 is 10.1 Å². The molecule has 1 saturated carbocycles. The Balaban J connectivity index is 1.76. The second kappa shape index (κ2) is 9.81. The first kappa shape index (κ1) is 20.6. The van der Waals surface area contributed by atoms with Gasteiger partial charge in [0.15, 0.2) is 0 Å². The maximum atomic E-state index is 11.6. The molecule has 0 aromatic heterocycles. The van der Waals surface area contributed by atoms with Crippen LogP contribution in [-0.4, -0.2) is 30.0 Å². The zero-order valence-electron chi connectivity index (χ0n) is 16.3. The third-order valence-corrected chi connectivity index (χ3v) is 4.54. The average molecular weight is 363 g/mol.